The van der Waals surface area contributed by atoms with Crippen LogP contribution in [0, 0.1) is 0 Å². The van der Waals surface area contributed by atoms with Crippen molar-refractivity contribution in [3.63, 3.8) is 0 Å². The molecule has 0 bridgehead atoms. The fraction of sp³-hybridized carbons (Fsp3) is 0. The zero-order valence-electron chi connectivity index (χ0n) is 14.6. The molecule has 6 nitrogen and oxygen atoms in total. The molecule has 0 aliphatic heterocycles. The van der Waals surface area contributed by atoms with Crippen LogP contribution >= 0.6 is 0 Å². The SMILES string of the molecule is O=C([O-])c1ccccc1.O=C([O-])c1ccccc1.O=C([O-])c1ccccc1.[Sb+3]. The molecule has 0 saturated carbocycles. The van der Waals surface area contributed by atoms with Crippen LogP contribution in [0.4, 0.5) is 0 Å². The molecule has 0 aliphatic carbocycles. The van der Waals surface area contributed by atoms with E-state index in [0.29, 0.717) is 0 Å². The average molecular weight is 485 g/mol. The first-order chi connectivity index (χ1) is 12.9. The van der Waals surface area contributed by atoms with E-state index in [-0.39, 0.29) is 41.1 Å². The molecule has 0 aromatic heterocycles. The molecule has 0 atom stereocenters. The predicted molar refractivity (Wildman–Crippen MR) is 98.1 cm³/mol. The fourth-order valence-electron chi connectivity index (χ4n) is 1.72. The third-order valence-electron chi connectivity index (χ3n) is 3.03. The Kier molecular flexibility index (Phi) is 12.5. The molecule has 0 saturated heterocycles. The van der Waals surface area contributed by atoms with E-state index >= 15 is 0 Å². The van der Waals surface area contributed by atoms with E-state index < -0.39 is 17.9 Å². The van der Waals surface area contributed by atoms with E-state index in [1.54, 1.807) is 54.6 Å². The summed E-state index contributed by atoms with van der Waals surface area (Å²) in [5, 5.41) is 30.3. The second-order valence-electron chi connectivity index (χ2n) is 4.96. The van der Waals surface area contributed by atoms with Crippen LogP contribution in [0.25, 0.3) is 0 Å². The third kappa shape index (κ3) is 10.1. The molecule has 0 unspecified atom stereocenters. The first kappa shape index (κ1) is 24.9. The van der Waals surface area contributed by atoms with Crippen molar-refractivity contribution in [3.05, 3.63) is 108 Å². The van der Waals surface area contributed by atoms with Crippen LogP contribution < -0.4 is 15.3 Å². The summed E-state index contributed by atoms with van der Waals surface area (Å²) in [6, 6.07) is 24.2. The van der Waals surface area contributed by atoms with Gasteiger partial charge in [-0.1, -0.05) is 91.0 Å². The first-order valence-corrected chi connectivity index (χ1v) is 7.71. The molecule has 28 heavy (non-hydrogen) atoms. The van der Waals surface area contributed by atoms with Crippen molar-refractivity contribution in [1.82, 2.24) is 0 Å². The van der Waals surface area contributed by atoms with Crippen molar-refractivity contribution in [2.75, 3.05) is 0 Å². The zero-order chi connectivity index (χ0) is 20.1. The van der Waals surface area contributed by atoms with Gasteiger partial charge in [0.05, 0.1) is 17.9 Å². The summed E-state index contributed by atoms with van der Waals surface area (Å²) < 4.78 is 0. The molecule has 3 aromatic rings. The van der Waals surface area contributed by atoms with Crippen molar-refractivity contribution in [2.24, 2.45) is 0 Å². The van der Waals surface area contributed by atoms with Gasteiger partial charge in [-0.15, -0.1) is 0 Å². The molecule has 0 N–H and O–H groups in total. The Bertz CT molecular complexity index is 734. The maximum atomic E-state index is 10.1. The molecule has 140 valence electrons. The molecule has 0 amide bonds. The number of carbonyl (C=O) groups excluding carboxylic acids is 3. The monoisotopic (exact) mass is 484 g/mol. The molecular weight excluding hydrogens is 470 g/mol. The standard InChI is InChI=1S/3C7H6O2.Sb/c3*8-7(9)6-4-2-1-3-5-6;/h3*1-5H,(H,8,9);/q;;;+3/p-3. The van der Waals surface area contributed by atoms with E-state index in [2.05, 4.69) is 0 Å². The summed E-state index contributed by atoms with van der Waals surface area (Å²) in [4.78, 5) is 30.3. The van der Waals surface area contributed by atoms with Crippen LogP contribution in [0.2, 0.25) is 0 Å². The van der Waals surface area contributed by atoms with E-state index in [0.717, 1.165) is 0 Å². The number of aromatic carboxylic acids is 3. The van der Waals surface area contributed by atoms with Crippen molar-refractivity contribution in [1.29, 1.82) is 0 Å². The minimum Gasteiger partial charge on any atom is -0.545 e. The molecule has 0 aliphatic rings. The topological polar surface area (TPSA) is 120 Å². The van der Waals surface area contributed by atoms with Crippen molar-refractivity contribution in [2.45, 2.75) is 0 Å². The van der Waals surface area contributed by atoms with Gasteiger partial charge in [0, 0.05) is 0 Å². The Labute approximate surface area is 179 Å². The second-order valence-corrected chi connectivity index (χ2v) is 4.96. The van der Waals surface area contributed by atoms with Crippen molar-refractivity contribution >= 4 is 42.3 Å². The molecule has 3 rings (SSSR count). The van der Waals surface area contributed by atoms with Crippen molar-refractivity contribution < 1.29 is 29.7 Å². The second kappa shape index (κ2) is 14.0. The summed E-state index contributed by atoms with van der Waals surface area (Å²) in [7, 11) is 0. The van der Waals surface area contributed by atoms with E-state index in [9.17, 15) is 29.7 Å². The molecular formula is C21H15O6Sb. The molecule has 0 spiro atoms. The van der Waals surface area contributed by atoms with Gasteiger partial charge in [0.1, 0.15) is 0 Å². The number of carboxylic acids is 3. The van der Waals surface area contributed by atoms with Gasteiger partial charge < -0.3 is 29.7 Å². The van der Waals surface area contributed by atoms with Crippen LogP contribution in [0.3, 0.4) is 0 Å². The Balaban J connectivity index is 0.000000384. The van der Waals surface area contributed by atoms with Gasteiger partial charge in [0.2, 0.25) is 0 Å². The van der Waals surface area contributed by atoms with Crippen LogP contribution in [-0.2, 0) is 0 Å². The maximum absolute atomic E-state index is 10.1. The Morgan fingerprint density at radius 2 is 0.607 bits per heavy atom. The van der Waals surface area contributed by atoms with E-state index in [4.69, 9.17) is 0 Å². The number of hydrogen-bond donors (Lipinski definition) is 0. The molecule has 0 fully saturated rings. The normalized spacial score (nSPS) is 8.57. The van der Waals surface area contributed by atoms with Crippen LogP contribution in [-0.4, -0.2) is 42.3 Å². The average Bonchev–Trinajstić information content (AvgIpc) is 2.71. The van der Waals surface area contributed by atoms with Gasteiger partial charge in [0.25, 0.3) is 0 Å². The number of carbonyl (C=O) groups is 3. The number of benzene rings is 3. The van der Waals surface area contributed by atoms with Crippen molar-refractivity contribution in [3.8, 4) is 0 Å². The van der Waals surface area contributed by atoms with Gasteiger partial charge in [-0.3, -0.25) is 0 Å². The van der Waals surface area contributed by atoms with Crippen LogP contribution in [0.1, 0.15) is 31.1 Å². The molecule has 7 heteroatoms. The van der Waals surface area contributed by atoms with Gasteiger partial charge in [-0.25, -0.2) is 0 Å². The van der Waals surface area contributed by atoms with E-state index in [1.165, 1.54) is 36.4 Å². The molecule has 3 aromatic carbocycles. The summed E-state index contributed by atoms with van der Waals surface area (Å²) in [5.41, 5.74) is 0.660. The third-order valence-corrected chi connectivity index (χ3v) is 3.03. The van der Waals surface area contributed by atoms with Gasteiger partial charge in [-0.05, 0) is 16.7 Å². The quantitative estimate of drug-likeness (QED) is 0.473. The smallest absolute Gasteiger partial charge is 0.545 e. The summed E-state index contributed by atoms with van der Waals surface area (Å²) in [5.74, 6) is -3.39. The first-order valence-electron chi connectivity index (χ1n) is 7.71. The maximum Gasteiger partial charge on any atom is 3.00 e. The Morgan fingerprint density at radius 3 is 0.714 bits per heavy atom. The van der Waals surface area contributed by atoms with Gasteiger partial charge >= 0.3 is 24.4 Å². The van der Waals surface area contributed by atoms with Gasteiger partial charge in [0.15, 0.2) is 0 Å². The fourth-order valence-corrected chi connectivity index (χ4v) is 1.72. The summed E-state index contributed by atoms with van der Waals surface area (Å²) in [6.07, 6.45) is 0. The Hall–Kier alpha value is -3.11. The van der Waals surface area contributed by atoms with E-state index in [1.807, 2.05) is 0 Å². The van der Waals surface area contributed by atoms with Gasteiger partial charge in [-0.2, -0.15) is 0 Å². The molecule has 0 heterocycles. The molecule has 2 radical (unpaired) electrons. The zero-order valence-corrected chi connectivity index (χ0v) is 17.1. The number of hydrogen-bond acceptors (Lipinski definition) is 6. The number of rotatable bonds is 3. The van der Waals surface area contributed by atoms with Crippen LogP contribution in [0.15, 0.2) is 91.0 Å². The predicted octanol–water partition coefficient (Wildman–Crippen LogP) is -0.231. The summed E-state index contributed by atoms with van der Waals surface area (Å²) >= 11 is 0. The van der Waals surface area contributed by atoms with Crippen LogP contribution in [0.5, 0.6) is 0 Å². The summed E-state index contributed by atoms with van der Waals surface area (Å²) in [6.45, 7) is 0. The minimum atomic E-state index is -1.13. The largest absolute Gasteiger partial charge is 3.00 e. The Morgan fingerprint density at radius 1 is 0.429 bits per heavy atom. The minimum absolute atomic E-state index is 0. The number of carboxylic acid groups (broad SMARTS) is 3.